The molecule has 0 amide bonds. The largest absolute Gasteiger partial charge is 0.493 e. The van der Waals surface area contributed by atoms with Gasteiger partial charge in [-0.2, -0.15) is 13.2 Å². The lowest BCUT2D eigenvalue weighted by Crippen LogP contribution is -2.46. The first-order valence-corrected chi connectivity index (χ1v) is 15.0. The van der Waals surface area contributed by atoms with Crippen molar-refractivity contribution in [2.75, 3.05) is 13.2 Å². The summed E-state index contributed by atoms with van der Waals surface area (Å²) in [6, 6.07) is 11.2. The molecule has 0 heterocycles. The van der Waals surface area contributed by atoms with Crippen LogP contribution in [0.15, 0.2) is 65.6 Å². The van der Waals surface area contributed by atoms with Crippen molar-refractivity contribution >= 4 is 19.2 Å². The lowest BCUT2D eigenvalue weighted by Gasteiger charge is -2.33. The Morgan fingerprint density at radius 1 is 1.06 bits per heavy atom. The summed E-state index contributed by atoms with van der Waals surface area (Å²) in [5, 5.41) is 2.66. The van der Waals surface area contributed by atoms with E-state index in [0.717, 1.165) is 29.9 Å². The van der Waals surface area contributed by atoms with Gasteiger partial charge in [0, 0.05) is 6.42 Å². The van der Waals surface area contributed by atoms with Gasteiger partial charge in [0.05, 0.1) is 17.9 Å². The standard InChI is InChI=1S/C28H33F3O4Si/c1-6-33-27(32)18-35-25-13-12-24(16-19(25)2)36(4,5)26-14-11-23(15-20(26)3)34-17-21-7-9-22(10-8-21)28(29,30)31/h7-14,16,20H,6,15,17-18H2,1-5H3. The first-order valence-electron chi connectivity index (χ1n) is 12.0. The lowest BCUT2D eigenvalue weighted by atomic mass is 10.0. The molecule has 0 N–H and O–H groups in total. The highest BCUT2D eigenvalue weighted by Gasteiger charge is 2.34. The third-order valence-electron chi connectivity index (χ3n) is 6.46. The first kappa shape index (κ1) is 27.6. The molecule has 3 rings (SSSR count). The van der Waals surface area contributed by atoms with Crippen molar-refractivity contribution in [2.45, 2.75) is 53.1 Å². The second kappa shape index (κ2) is 11.4. The molecule has 0 saturated heterocycles. The Labute approximate surface area is 211 Å². The quantitative estimate of drug-likeness (QED) is 0.282. The van der Waals surface area contributed by atoms with Crippen LogP contribution < -0.4 is 9.92 Å². The molecule has 2 aromatic rings. The van der Waals surface area contributed by atoms with Gasteiger partial charge in [-0.05, 0) is 55.2 Å². The topological polar surface area (TPSA) is 44.8 Å². The van der Waals surface area contributed by atoms with Crippen LogP contribution in [-0.2, 0) is 27.1 Å². The van der Waals surface area contributed by atoms with Crippen LogP contribution >= 0.6 is 0 Å². The molecule has 0 radical (unpaired) electrons. The minimum atomic E-state index is -4.34. The molecule has 1 atom stereocenters. The maximum Gasteiger partial charge on any atom is 0.416 e. The van der Waals surface area contributed by atoms with Crippen molar-refractivity contribution in [2.24, 2.45) is 5.92 Å². The second-order valence-electron chi connectivity index (χ2n) is 9.54. The second-order valence-corrected chi connectivity index (χ2v) is 13.9. The van der Waals surface area contributed by atoms with E-state index in [-0.39, 0.29) is 25.1 Å². The molecule has 8 heteroatoms. The summed E-state index contributed by atoms with van der Waals surface area (Å²) in [7, 11) is -1.99. The number of rotatable bonds is 9. The minimum absolute atomic E-state index is 0.114. The summed E-state index contributed by atoms with van der Waals surface area (Å²) in [5.74, 6) is 1.38. The highest BCUT2D eigenvalue weighted by molar-refractivity contribution is 6.95. The summed E-state index contributed by atoms with van der Waals surface area (Å²) in [6.07, 6.45) is 0.524. The number of benzene rings is 2. The summed E-state index contributed by atoms with van der Waals surface area (Å²) in [5.41, 5.74) is 1.00. The van der Waals surface area contributed by atoms with E-state index in [0.29, 0.717) is 17.9 Å². The van der Waals surface area contributed by atoms with Crippen molar-refractivity contribution < 1.29 is 32.2 Å². The molecule has 0 saturated carbocycles. The number of halogens is 3. The third kappa shape index (κ3) is 6.81. The molecule has 1 unspecified atom stereocenters. The molecule has 0 bridgehead atoms. The maximum absolute atomic E-state index is 12.8. The number of hydrogen-bond donors (Lipinski definition) is 0. The molecule has 4 nitrogen and oxygen atoms in total. The fraction of sp³-hybridized carbons (Fsp3) is 0.393. The molecular formula is C28H33F3O4Si. The van der Waals surface area contributed by atoms with Gasteiger partial charge in [-0.25, -0.2) is 4.79 Å². The van der Waals surface area contributed by atoms with Gasteiger partial charge in [-0.3, -0.25) is 0 Å². The van der Waals surface area contributed by atoms with Crippen molar-refractivity contribution in [1.29, 1.82) is 0 Å². The van der Waals surface area contributed by atoms with Gasteiger partial charge >= 0.3 is 12.1 Å². The zero-order valence-corrected chi connectivity index (χ0v) is 22.4. The number of carbonyl (C=O) groups excluding carboxylic acids is 1. The van der Waals surface area contributed by atoms with E-state index in [1.807, 2.05) is 19.1 Å². The summed E-state index contributed by atoms with van der Waals surface area (Å²) in [6.45, 7) is 11.0. The van der Waals surface area contributed by atoms with Gasteiger partial charge in [0.1, 0.15) is 20.4 Å². The van der Waals surface area contributed by atoms with Crippen LogP contribution in [0, 0.1) is 12.8 Å². The molecule has 36 heavy (non-hydrogen) atoms. The van der Waals surface area contributed by atoms with Crippen molar-refractivity contribution in [3.8, 4) is 5.75 Å². The normalized spacial score (nSPS) is 16.2. The van der Waals surface area contributed by atoms with E-state index in [1.165, 1.54) is 22.5 Å². The van der Waals surface area contributed by atoms with E-state index in [4.69, 9.17) is 14.2 Å². The Balaban J connectivity index is 1.68. The monoisotopic (exact) mass is 518 g/mol. The zero-order valence-electron chi connectivity index (χ0n) is 21.4. The molecule has 0 spiro atoms. The van der Waals surface area contributed by atoms with Crippen molar-refractivity contribution in [3.63, 3.8) is 0 Å². The predicted molar refractivity (Wildman–Crippen MR) is 137 cm³/mol. The van der Waals surface area contributed by atoms with Gasteiger partial charge in [0.2, 0.25) is 0 Å². The van der Waals surface area contributed by atoms with Crippen molar-refractivity contribution in [1.82, 2.24) is 0 Å². The van der Waals surface area contributed by atoms with Crippen LogP contribution in [0.1, 0.15) is 37.0 Å². The van der Waals surface area contributed by atoms with Crippen LogP contribution in [0.2, 0.25) is 13.1 Å². The van der Waals surface area contributed by atoms with E-state index in [1.54, 1.807) is 6.92 Å². The molecule has 0 aliphatic heterocycles. The Morgan fingerprint density at radius 3 is 2.33 bits per heavy atom. The molecular weight excluding hydrogens is 485 g/mol. The smallest absolute Gasteiger partial charge is 0.416 e. The van der Waals surface area contributed by atoms with Crippen LogP contribution in [0.25, 0.3) is 0 Å². The average molecular weight is 519 g/mol. The summed E-state index contributed by atoms with van der Waals surface area (Å²) in [4.78, 5) is 11.6. The van der Waals surface area contributed by atoms with E-state index < -0.39 is 19.8 Å². The van der Waals surface area contributed by atoms with E-state index >= 15 is 0 Å². The SMILES string of the molecule is CCOC(=O)COc1ccc([Si](C)(C)C2=CC=C(OCc3ccc(C(F)(F)F)cc3)CC2C)cc1C. The van der Waals surface area contributed by atoms with Crippen LogP contribution in [0.5, 0.6) is 5.75 Å². The third-order valence-corrected chi connectivity index (χ3v) is 10.3. The fourth-order valence-corrected chi connectivity index (χ4v) is 7.67. The number of esters is 1. The average Bonchev–Trinajstić information content (AvgIpc) is 2.81. The molecule has 194 valence electrons. The molecule has 1 aliphatic rings. The maximum atomic E-state index is 12.8. The van der Waals surface area contributed by atoms with Gasteiger partial charge in [-0.1, -0.05) is 60.7 Å². The molecule has 0 fully saturated rings. The first-order chi connectivity index (χ1) is 16.9. The van der Waals surface area contributed by atoms with E-state index in [9.17, 15) is 18.0 Å². The number of hydrogen-bond acceptors (Lipinski definition) is 4. The van der Waals surface area contributed by atoms with E-state index in [2.05, 4.69) is 38.2 Å². The van der Waals surface area contributed by atoms with Crippen LogP contribution in [0.3, 0.4) is 0 Å². The molecule has 0 aromatic heterocycles. The summed E-state index contributed by atoms with van der Waals surface area (Å²) >= 11 is 0. The molecule has 1 aliphatic carbocycles. The van der Waals surface area contributed by atoms with Gasteiger partial charge in [0.15, 0.2) is 6.61 Å². The lowest BCUT2D eigenvalue weighted by molar-refractivity contribution is -0.145. The highest BCUT2D eigenvalue weighted by Crippen LogP contribution is 2.33. The Hall–Kier alpha value is -3.00. The molecule has 2 aromatic carbocycles. The number of carbonyl (C=O) groups is 1. The Bertz CT molecular complexity index is 1130. The number of ether oxygens (including phenoxy) is 3. The minimum Gasteiger partial charge on any atom is -0.493 e. The number of aryl methyl sites for hydroxylation is 1. The van der Waals surface area contributed by atoms with Crippen molar-refractivity contribution in [3.05, 3.63) is 82.3 Å². The Morgan fingerprint density at radius 2 is 1.75 bits per heavy atom. The van der Waals surface area contributed by atoms with Crippen LogP contribution in [0.4, 0.5) is 13.2 Å². The predicted octanol–water partition coefficient (Wildman–Crippen LogP) is 6.48. The van der Waals surface area contributed by atoms with Gasteiger partial charge < -0.3 is 14.2 Å². The van der Waals surface area contributed by atoms with Gasteiger partial charge in [-0.15, -0.1) is 0 Å². The fourth-order valence-electron chi connectivity index (χ4n) is 4.43. The van der Waals surface area contributed by atoms with Gasteiger partial charge in [0.25, 0.3) is 0 Å². The number of alkyl halides is 3. The zero-order chi connectivity index (χ0) is 26.5. The van der Waals surface area contributed by atoms with Crippen LogP contribution in [-0.4, -0.2) is 27.3 Å². The Kier molecular flexibility index (Phi) is 8.71. The number of allylic oxidation sites excluding steroid dienone is 4. The highest BCUT2D eigenvalue weighted by atomic mass is 28.3. The summed E-state index contributed by atoms with van der Waals surface area (Å²) < 4.78 is 54.8.